The summed E-state index contributed by atoms with van der Waals surface area (Å²) in [7, 11) is 1.57. The molecule has 16 heavy (non-hydrogen) atoms. The molecule has 1 rings (SSSR count). The molecule has 1 aromatic heterocycles. The molecule has 88 valence electrons. The number of carbonyl (C=O) groups excluding carboxylic acids is 1. The van der Waals surface area contributed by atoms with Gasteiger partial charge in [-0.15, -0.1) is 11.6 Å². The fourth-order valence-electron chi connectivity index (χ4n) is 1.28. The molecule has 0 saturated heterocycles. The van der Waals surface area contributed by atoms with Crippen molar-refractivity contribution >= 4 is 17.5 Å². The van der Waals surface area contributed by atoms with Gasteiger partial charge in [0.15, 0.2) is 0 Å². The Kier molecular flexibility index (Phi) is 5.22. The van der Waals surface area contributed by atoms with Gasteiger partial charge in [-0.2, -0.15) is 0 Å². The number of amides is 1. The third kappa shape index (κ3) is 3.79. The number of halogens is 1. The lowest BCUT2D eigenvalue weighted by molar-refractivity contribution is 0.0906. The predicted octanol–water partition coefficient (Wildman–Crippen LogP) is 1.37. The molecule has 0 aliphatic carbocycles. The lowest BCUT2D eigenvalue weighted by Gasteiger charge is -2.14. The van der Waals surface area contributed by atoms with Crippen LogP contribution in [0.5, 0.6) is 0 Å². The molecule has 1 atom stereocenters. The summed E-state index contributed by atoms with van der Waals surface area (Å²) in [5.41, 5.74) is 1.39. The molecule has 1 amide bonds. The normalized spacial score (nSPS) is 12.2. The maximum absolute atomic E-state index is 11.8. The summed E-state index contributed by atoms with van der Waals surface area (Å²) in [5, 5.41) is 2.79. The number of rotatable bonds is 5. The van der Waals surface area contributed by atoms with Crippen molar-refractivity contribution < 1.29 is 9.53 Å². The fraction of sp³-hybridized carbons (Fsp3) is 0.455. The highest BCUT2D eigenvalue weighted by Gasteiger charge is 2.12. The number of alkyl halides is 1. The van der Waals surface area contributed by atoms with Crippen LogP contribution in [-0.4, -0.2) is 36.5 Å². The second-order valence-electron chi connectivity index (χ2n) is 3.47. The van der Waals surface area contributed by atoms with Crippen LogP contribution < -0.4 is 5.32 Å². The average molecular weight is 243 g/mol. The van der Waals surface area contributed by atoms with Crippen molar-refractivity contribution in [2.24, 2.45) is 0 Å². The standard InChI is InChI=1S/C11H15ClN2O2/c1-8-5-9(3-4-13-8)11(15)14-10(6-12)7-16-2/h3-5,10H,6-7H2,1-2H3,(H,14,15). The van der Waals surface area contributed by atoms with E-state index in [0.29, 0.717) is 18.1 Å². The molecule has 1 heterocycles. The van der Waals surface area contributed by atoms with E-state index < -0.39 is 0 Å². The molecule has 0 bridgehead atoms. The molecule has 0 saturated carbocycles. The van der Waals surface area contributed by atoms with E-state index in [1.807, 2.05) is 6.92 Å². The lowest BCUT2D eigenvalue weighted by Crippen LogP contribution is -2.39. The average Bonchev–Trinajstić information content (AvgIpc) is 2.28. The minimum atomic E-state index is -0.173. The molecular weight excluding hydrogens is 228 g/mol. The maximum atomic E-state index is 11.8. The van der Waals surface area contributed by atoms with Gasteiger partial charge in [-0.25, -0.2) is 0 Å². The van der Waals surface area contributed by atoms with Gasteiger partial charge >= 0.3 is 0 Å². The van der Waals surface area contributed by atoms with Gasteiger partial charge in [0.05, 0.1) is 12.6 Å². The lowest BCUT2D eigenvalue weighted by atomic mass is 10.2. The number of aryl methyl sites for hydroxylation is 1. The van der Waals surface area contributed by atoms with E-state index in [1.54, 1.807) is 25.4 Å². The first-order chi connectivity index (χ1) is 7.67. The largest absolute Gasteiger partial charge is 0.383 e. The quantitative estimate of drug-likeness (QED) is 0.794. The van der Waals surface area contributed by atoms with Crippen molar-refractivity contribution in [1.29, 1.82) is 0 Å². The highest BCUT2D eigenvalue weighted by Crippen LogP contribution is 2.01. The summed E-state index contributed by atoms with van der Waals surface area (Å²) in [4.78, 5) is 15.8. The van der Waals surface area contributed by atoms with E-state index in [4.69, 9.17) is 16.3 Å². The first-order valence-corrected chi connectivity index (χ1v) is 5.49. The van der Waals surface area contributed by atoms with E-state index in [2.05, 4.69) is 10.3 Å². The van der Waals surface area contributed by atoms with Gasteiger partial charge in [0.2, 0.25) is 0 Å². The van der Waals surface area contributed by atoms with Crippen LogP contribution in [0.4, 0.5) is 0 Å². The summed E-state index contributed by atoms with van der Waals surface area (Å²) in [6.07, 6.45) is 1.61. The number of nitrogens with zero attached hydrogens (tertiary/aromatic N) is 1. The third-order valence-electron chi connectivity index (χ3n) is 2.05. The predicted molar refractivity (Wildman–Crippen MR) is 62.8 cm³/mol. The zero-order chi connectivity index (χ0) is 12.0. The molecule has 0 fully saturated rings. The molecular formula is C11H15ClN2O2. The van der Waals surface area contributed by atoms with E-state index in [9.17, 15) is 4.79 Å². The molecule has 0 aliphatic rings. The first kappa shape index (κ1) is 12.9. The number of carbonyl (C=O) groups is 1. The Bertz CT molecular complexity index is 358. The van der Waals surface area contributed by atoms with Crippen molar-refractivity contribution in [2.75, 3.05) is 19.6 Å². The number of nitrogens with one attached hydrogen (secondary N) is 1. The summed E-state index contributed by atoms with van der Waals surface area (Å²) in [5.74, 6) is 0.164. The Morgan fingerprint density at radius 3 is 3.00 bits per heavy atom. The van der Waals surface area contributed by atoms with Crippen LogP contribution in [-0.2, 0) is 4.74 Å². The molecule has 0 aliphatic heterocycles. The van der Waals surface area contributed by atoms with E-state index >= 15 is 0 Å². The number of ether oxygens (including phenoxy) is 1. The smallest absolute Gasteiger partial charge is 0.251 e. The second-order valence-corrected chi connectivity index (χ2v) is 3.77. The number of aromatic nitrogens is 1. The van der Waals surface area contributed by atoms with Crippen LogP contribution in [0, 0.1) is 6.92 Å². The molecule has 4 nitrogen and oxygen atoms in total. The third-order valence-corrected chi connectivity index (χ3v) is 2.42. The van der Waals surface area contributed by atoms with Gasteiger partial charge in [-0.05, 0) is 19.1 Å². The zero-order valence-corrected chi connectivity index (χ0v) is 10.1. The van der Waals surface area contributed by atoms with Gasteiger partial charge in [0.25, 0.3) is 5.91 Å². The Hall–Kier alpha value is -1.13. The maximum Gasteiger partial charge on any atom is 0.251 e. The topological polar surface area (TPSA) is 51.2 Å². The Balaban J connectivity index is 2.64. The molecule has 0 aromatic carbocycles. The monoisotopic (exact) mass is 242 g/mol. The minimum absolute atomic E-state index is 0.159. The zero-order valence-electron chi connectivity index (χ0n) is 9.37. The highest BCUT2D eigenvalue weighted by atomic mass is 35.5. The van der Waals surface area contributed by atoms with E-state index in [0.717, 1.165) is 5.69 Å². The number of hydrogen-bond donors (Lipinski definition) is 1. The summed E-state index contributed by atoms with van der Waals surface area (Å²) >= 11 is 5.70. The second kappa shape index (κ2) is 6.45. The highest BCUT2D eigenvalue weighted by molar-refractivity contribution is 6.18. The van der Waals surface area contributed by atoms with Crippen molar-refractivity contribution in [1.82, 2.24) is 10.3 Å². The number of pyridine rings is 1. The van der Waals surface area contributed by atoms with Crippen molar-refractivity contribution in [2.45, 2.75) is 13.0 Å². The van der Waals surface area contributed by atoms with Gasteiger partial charge in [-0.1, -0.05) is 0 Å². The van der Waals surface area contributed by atoms with Gasteiger partial charge in [-0.3, -0.25) is 9.78 Å². The Morgan fingerprint density at radius 1 is 1.69 bits per heavy atom. The molecule has 1 N–H and O–H groups in total. The van der Waals surface area contributed by atoms with E-state index in [-0.39, 0.29) is 11.9 Å². The van der Waals surface area contributed by atoms with Gasteiger partial charge in [0.1, 0.15) is 0 Å². The Morgan fingerprint density at radius 2 is 2.44 bits per heavy atom. The van der Waals surface area contributed by atoms with Crippen molar-refractivity contribution in [3.05, 3.63) is 29.6 Å². The van der Waals surface area contributed by atoms with Crippen LogP contribution in [0.1, 0.15) is 16.1 Å². The van der Waals surface area contributed by atoms with Gasteiger partial charge < -0.3 is 10.1 Å². The molecule has 0 radical (unpaired) electrons. The molecule has 5 heteroatoms. The van der Waals surface area contributed by atoms with Crippen LogP contribution in [0.15, 0.2) is 18.3 Å². The van der Waals surface area contributed by atoms with Crippen LogP contribution in [0.25, 0.3) is 0 Å². The van der Waals surface area contributed by atoms with Crippen LogP contribution >= 0.6 is 11.6 Å². The fourth-order valence-corrected chi connectivity index (χ4v) is 1.45. The molecule has 0 spiro atoms. The summed E-state index contributed by atoms with van der Waals surface area (Å²) in [6, 6.07) is 3.22. The summed E-state index contributed by atoms with van der Waals surface area (Å²) in [6.45, 7) is 2.24. The number of methoxy groups -OCH3 is 1. The van der Waals surface area contributed by atoms with Crippen molar-refractivity contribution in [3.63, 3.8) is 0 Å². The number of hydrogen-bond acceptors (Lipinski definition) is 3. The molecule has 1 aromatic rings. The summed E-state index contributed by atoms with van der Waals surface area (Å²) < 4.78 is 4.94. The van der Waals surface area contributed by atoms with Crippen LogP contribution in [0.2, 0.25) is 0 Å². The molecule has 1 unspecified atom stereocenters. The van der Waals surface area contributed by atoms with Gasteiger partial charge in [0, 0.05) is 30.4 Å². The first-order valence-electron chi connectivity index (χ1n) is 4.95. The van der Waals surface area contributed by atoms with Crippen molar-refractivity contribution in [3.8, 4) is 0 Å². The van der Waals surface area contributed by atoms with E-state index in [1.165, 1.54) is 0 Å². The SMILES string of the molecule is COCC(CCl)NC(=O)c1ccnc(C)c1. The van der Waals surface area contributed by atoms with Crippen LogP contribution in [0.3, 0.4) is 0 Å². The minimum Gasteiger partial charge on any atom is -0.383 e. The Labute approximate surface area is 100.0 Å².